The predicted octanol–water partition coefficient (Wildman–Crippen LogP) is 3.18. The first kappa shape index (κ1) is 16.1. The molecule has 0 aliphatic carbocycles. The molecule has 0 unspecified atom stereocenters. The summed E-state index contributed by atoms with van der Waals surface area (Å²) in [6, 6.07) is 13.3. The summed E-state index contributed by atoms with van der Waals surface area (Å²) < 4.78 is 5.49. The van der Waals surface area contributed by atoms with Gasteiger partial charge in [0.05, 0.1) is 28.8 Å². The van der Waals surface area contributed by atoms with Crippen LogP contribution in [0.5, 0.6) is 0 Å². The van der Waals surface area contributed by atoms with Gasteiger partial charge in [-0.15, -0.1) is 0 Å². The van der Waals surface area contributed by atoms with E-state index in [1.807, 2.05) is 42.6 Å². The van der Waals surface area contributed by atoms with Gasteiger partial charge in [-0.1, -0.05) is 30.3 Å². The van der Waals surface area contributed by atoms with Crippen LogP contribution in [-0.2, 0) is 16.0 Å². The Labute approximate surface area is 165 Å². The first-order valence-electron chi connectivity index (χ1n) is 9.42. The second kappa shape index (κ2) is 5.78. The van der Waals surface area contributed by atoms with Gasteiger partial charge in [-0.2, -0.15) is 0 Å². The molecule has 3 aliphatic rings. The third kappa shape index (κ3) is 2.20. The number of hydrogen-bond donors (Lipinski definition) is 1. The number of fused-ring (bicyclic) bond motifs is 1. The largest absolute Gasteiger partial charge is 0.464 e. The number of nitrogens with zero attached hydrogens (tertiary/aromatic N) is 2. The minimum atomic E-state index is -0.429. The summed E-state index contributed by atoms with van der Waals surface area (Å²) in [5.74, 6) is -0.847. The molecule has 29 heavy (non-hydrogen) atoms. The number of benzene rings is 2. The van der Waals surface area contributed by atoms with Gasteiger partial charge in [0, 0.05) is 29.9 Å². The number of amides is 2. The first-order valence-corrected chi connectivity index (χ1v) is 9.42. The molecule has 3 aliphatic heterocycles. The molecular weight excluding hydrogens is 366 g/mol. The fourth-order valence-electron chi connectivity index (χ4n) is 4.43. The van der Waals surface area contributed by atoms with Crippen molar-refractivity contribution in [2.24, 2.45) is 4.99 Å². The summed E-state index contributed by atoms with van der Waals surface area (Å²) in [4.78, 5) is 32.5. The molecule has 1 N–H and O–H groups in total. The molecule has 1 aromatic heterocycles. The van der Waals surface area contributed by atoms with E-state index in [1.165, 1.54) is 5.56 Å². The van der Waals surface area contributed by atoms with Crippen LogP contribution in [0.2, 0.25) is 0 Å². The normalized spacial score (nSPS) is 17.7. The van der Waals surface area contributed by atoms with Crippen molar-refractivity contribution < 1.29 is 14.0 Å². The van der Waals surface area contributed by atoms with Gasteiger partial charge in [-0.3, -0.25) is 19.9 Å². The lowest BCUT2D eigenvalue weighted by atomic mass is 9.91. The molecule has 6 nitrogen and oxygen atoms in total. The summed E-state index contributed by atoms with van der Waals surface area (Å²) in [5.41, 5.74) is 5.61. The zero-order chi connectivity index (χ0) is 19.5. The Bertz CT molecular complexity index is 1330. The number of carbonyl (C=O) groups is 2. The van der Waals surface area contributed by atoms with Crippen LogP contribution in [0.3, 0.4) is 0 Å². The van der Waals surface area contributed by atoms with E-state index in [1.54, 1.807) is 12.5 Å². The molecule has 2 aromatic carbocycles. The zero-order valence-corrected chi connectivity index (χ0v) is 15.3. The lowest BCUT2D eigenvalue weighted by Crippen LogP contribution is -2.25. The number of furan rings is 1. The van der Waals surface area contributed by atoms with Crippen LogP contribution in [0.1, 0.15) is 16.7 Å². The third-order valence-corrected chi connectivity index (χ3v) is 5.67. The molecule has 0 atom stereocenters. The van der Waals surface area contributed by atoms with E-state index in [4.69, 9.17) is 4.42 Å². The van der Waals surface area contributed by atoms with Gasteiger partial charge in [-0.25, -0.2) is 0 Å². The summed E-state index contributed by atoms with van der Waals surface area (Å²) in [5, 5.41) is 3.25. The van der Waals surface area contributed by atoms with Crippen LogP contribution in [0.4, 0.5) is 5.69 Å². The summed E-state index contributed by atoms with van der Waals surface area (Å²) >= 11 is 0. The predicted molar refractivity (Wildman–Crippen MR) is 109 cm³/mol. The smallest absolute Gasteiger partial charge is 0.261 e. The van der Waals surface area contributed by atoms with Crippen LogP contribution < -0.4 is 10.2 Å². The Balaban J connectivity index is 1.66. The molecule has 2 amide bonds. The van der Waals surface area contributed by atoms with Gasteiger partial charge in [0.1, 0.15) is 5.58 Å². The molecule has 0 spiro atoms. The number of imide groups is 1. The number of anilines is 1. The number of aliphatic imine (C=N–C) groups is 1. The Morgan fingerprint density at radius 2 is 1.79 bits per heavy atom. The van der Waals surface area contributed by atoms with E-state index in [2.05, 4.69) is 21.3 Å². The maximum atomic E-state index is 12.9. The molecule has 0 radical (unpaired) electrons. The Morgan fingerprint density at radius 1 is 0.966 bits per heavy atom. The molecule has 0 fully saturated rings. The van der Waals surface area contributed by atoms with Gasteiger partial charge in [0.2, 0.25) is 0 Å². The average Bonchev–Trinajstić information content (AvgIpc) is 3.39. The number of rotatable bonds is 2. The average molecular weight is 381 g/mol. The molecule has 140 valence electrons. The summed E-state index contributed by atoms with van der Waals surface area (Å²) in [7, 11) is 0. The van der Waals surface area contributed by atoms with Gasteiger partial charge in [-0.05, 0) is 29.7 Å². The highest BCUT2D eigenvalue weighted by Gasteiger charge is 2.37. The molecule has 0 bridgehead atoms. The quantitative estimate of drug-likeness (QED) is 0.692. The fraction of sp³-hybridized carbons (Fsp3) is 0.0870. The lowest BCUT2D eigenvalue weighted by molar-refractivity contribution is -0.123. The van der Waals surface area contributed by atoms with Crippen LogP contribution in [0.25, 0.3) is 16.5 Å². The molecule has 3 aromatic rings. The van der Waals surface area contributed by atoms with Gasteiger partial charge >= 0.3 is 0 Å². The van der Waals surface area contributed by atoms with E-state index in [0.29, 0.717) is 28.0 Å². The van der Waals surface area contributed by atoms with Crippen molar-refractivity contribution in [2.75, 3.05) is 11.4 Å². The Kier molecular flexibility index (Phi) is 3.20. The van der Waals surface area contributed by atoms with Crippen molar-refractivity contribution >= 4 is 39.8 Å². The second-order valence-electron chi connectivity index (χ2n) is 7.20. The maximum absolute atomic E-state index is 12.9. The molecular formula is C23H15N3O3. The number of carbonyl (C=O) groups excluding carboxylic acids is 2. The third-order valence-electron chi connectivity index (χ3n) is 5.67. The number of hydrogen-bond acceptors (Lipinski definition) is 5. The second-order valence-corrected chi connectivity index (χ2v) is 7.20. The van der Waals surface area contributed by atoms with Crippen LogP contribution in [0.15, 0.2) is 76.1 Å². The number of nitrogens with one attached hydrogen (secondary N) is 1. The highest BCUT2D eigenvalue weighted by molar-refractivity contribution is 6.48. The van der Waals surface area contributed by atoms with E-state index in [0.717, 1.165) is 29.6 Å². The molecule has 0 saturated heterocycles. The van der Waals surface area contributed by atoms with Crippen molar-refractivity contribution in [1.82, 2.24) is 5.32 Å². The van der Waals surface area contributed by atoms with E-state index in [-0.39, 0.29) is 0 Å². The lowest BCUT2D eigenvalue weighted by Gasteiger charge is -2.17. The SMILES string of the molecule is O=C1NC(=O)C(c2cccc3occc23)=C1C1=NC=CN2CCc3cccc1c32. The molecule has 4 heterocycles. The topological polar surface area (TPSA) is 74.9 Å². The molecule has 6 heteroatoms. The van der Waals surface area contributed by atoms with E-state index in [9.17, 15) is 9.59 Å². The highest BCUT2D eigenvalue weighted by atomic mass is 16.3. The minimum absolute atomic E-state index is 0.301. The molecule has 6 rings (SSSR count). The van der Waals surface area contributed by atoms with E-state index < -0.39 is 11.8 Å². The van der Waals surface area contributed by atoms with Gasteiger partial charge < -0.3 is 9.32 Å². The summed E-state index contributed by atoms with van der Waals surface area (Å²) in [6.45, 7) is 0.872. The van der Waals surface area contributed by atoms with Crippen molar-refractivity contribution in [3.8, 4) is 0 Å². The Morgan fingerprint density at radius 3 is 2.72 bits per heavy atom. The van der Waals surface area contributed by atoms with Crippen molar-refractivity contribution in [1.29, 1.82) is 0 Å². The van der Waals surface area contributed by atoms with Crippen LogP contribution in [0, 0.1) is 0 Å². The van der Waals surface area contributed by atoms with Crippen molar-refractivity contribution in [3.63, 3.8) is 0 Å². The Hall–Kier alpha value is -3.93. The van der Waals surface area contributed by atoms with Crippen molar-refractivity contribution in [2.45, 2.75) is 6.42 Å². The van der Waals surface area contributed by atoms with Gasteiger partial charge in [0.25, 0.3) is 11.8 Å². The van der Waals surface area contributed by atoms with Crippen LogP contribution in [-0.4, -0.2) is 24.1 Å². The summed E-state index contributed by atoms with van der Waals surface area (Å²) in [6.07, 6.45) is 6.14. The minimum Gasteiger partial charge on any atom is -0.464 e. The van der Waals surface area contributed by atoms with Gasteiger partial charge in [0.15, 0.2) is 0 Å². The fourth-order valence-corrected chi connectivity index (χ4v) is 4.43. The molecule has 0 saturated carbocycles. The number of para-hydroxylation sites is 1. The maximum Gasteiger partial charge on any atom is 0.261 e. The van der Waals surface area contributed by atoms with Crippen molar-refractivity contribution in [3.05, 3.63) is 83.4 Å². The monoisotopic (exact) mass is 381 g/mol. The first-order chi connectivity index (χ1) is 14.2. The van der Waals surface area contributed by atoms with Crippen LogP contribution >= 0.6 is 0 Å². The van der Waals surface area contributed by atoms with E-state index >= 15 is 0 Å². The standard InChI is InChI=1S/C23H15N3O3/c27-22-18(15-4-2-6-17-14(15)8-12-29-17)19(23(28)25-22)20-16-5-1-3-13-7-10-26(21(13)16)11-9-24-20/h1-6,8-9,11-12H,7,10H2,(H,25,27,28). The highest BCUT2D eigenvalue weighted by Crippen LogP contribution is 2.38. The zero-order valence-electron chi connectivity index (χ0n) is 15.3.